The van der Waals surface area contributed by atoms with E-state index < -0.39 is 0 Å². The van der Waals surface area contributed by atoms with Crippen molar-refractivity contribution in [1.29, 1.82) is 0 Å². The lowest BCUT2D eigenvalue weighted by molar-refractivity contribution is -0.116. The first kappa shape index (κ1) is 10.4. The number of nitrogens with one attached hydrogen (secondary N) is 1. The van der Waals surface area contributed by atoms with Crippen molar-refractivity contribution in [1.82, 2.24) is 5.32 Å². The molecule has 1 aromatic heterocycles. The fraction of sp³-hybridized carbons (Fsp3) is 0.417. The van der Waals surface area contributed by atoms with Crippen molar-refractivity contribution >= 4 is 17.2 Å². The third-order valence-corrected chi connectivity index (χ3v) is 4.35. The van der Waals surface area contributed by atoms with E-state index in [1.165, 1.54) is 17.4 Å². The molecule has 0 aliphatic heterocycles. The number of amides is 1. The van der Waals surface area contributed by atoms with Gasteiger partial charge in [-0.2, -0.15) is 0 Å². The Labute approximate surface area is 94.0 Å². The Kier molecular flexibility index (Phi) is 2.65. The maximum Gasteiger partial charge on any atom is 0.243 e. The predicted molar refractivity (Wildman–Crippen MR) is 63.0 cm³/mol. The highest BCUT2D eigenvalue weighted by molar-refractivity contribution is 7.10. The molecule has 0 aromatic carbocycles. The third-order valence-electron chi connectivity index (χ3n) is 3.20. The first-order chi connectivity index (χ1) is 7.16. The van der Waals surface area contributed by atoms with Crippen LogP contribution in [0.5, 0.6) is 0 Å². The van der Waals surface area contributed by atoms with Crippen LogP contribution >= 0.6 is 11.3 Å². The second-order valence-electron chi connectivity index (χ2n) is 4.25. The van der Waals surface area contributed by atoms with Gasteiger partial charge in [0.15, 0.2) is 0 Å². The molecule has 1 aromatic rings. The van der Waals surface area contributed by atoms with Crippen LogP contribution in [0, 0.1) is 5.92 Å². The van der Waals surface area contributed by atoms with Gasteiger partial charge in [-0.05, 0) is 29.9 Å². The summed E-state index contributed by atoms with van der Waals surface area (Å²) in [6, 6.07) is 4.27. The topological polar surface area (TPSA) is 29.1 Å². The molecule has 0 spiro atoms. The zero-order chi connectivity index (χ0) is 10.9. The van der Waals surface area contributed by atoms with Crippen molar-refractivity contribution in [3.05, 3.63) is 35.0 Å². The Balaban J connectivity index is 1.90. The van der Waals surface area contributed by atoms with Crippen molar-refractivity contribution in [3.63, 3.8) is 0 Å². The summed E-state index contributed by atoms with van der Waals surface area (Å²) >= 11 is 1.80. The number of hydrogen-bond acceptors (Lipinski definition) is 2. The van der Waals surface area contributed by atoms with Crippen LogP contribution in [0.25, 0.3) is 0 Å². The highest BCUT2D eigenvalue weighted by atomic mass is 32.1. The fourth-order valence-corrected chi connectivity index (χ4v) is 2.93. The van der Waals surface area contributed by atoms with Gasteiger partial charge in [0.25, 0.3) is 0 Å². The average Bonchev–Trinajstić information content (AvgIpc) is 2.72. The maximum absolute atomic E-state index is 11.0. The van der Waals surface area contributed by atoms with Crippen LogP contribution in [-0.4, -0.2) is 12.5 Å². The summed E-state index contributed by atoms with van der Waals surface area (Å²) in [5.41, 5.74) is 0.294. The summed E-state index contributed by atoms with van der Waals surface area (Å²) in [6.07, 6.45) is 2.50. The molecule has 1 aliphatic rings. The smallest absolute Gasteiger partial charge is 0.243 e. The van der Waals surface area contributed by atoms with Crippen LogP contribution < -0.4 is 5.32 Å². The van der Waals surface area contributed by atoms with Crippen molar-refractivity contribution in [3.8, 4) is 0 Å². The number of carbonyl (C=O) groups is 1. The highest BCUT2D eigenvalue weighted by Crippen LogP contribution is 2.54. The number of thiophene rings is 1. The van der Waals surface area contributed by atoms with Crippen LogP contribution in [0.2, 0.25) is 0 Å². The molecular formula is C12H15NOS. The molecule has 80 valence electrons. The SMILES string of the molecule is C=CC(=O)NC[C@@H]1C[C@@]1(C)c1cccs1. The van der Waals surface area contributed by atoms with Crippen molar-refractivity contribution < 1.29 is 4.79 Å². The third kappa shape index (κ3) is 1.97. The van der Waals surface area contributed by atoms with Gasteiger partial charge >= 0.3 is 0 Å². The molecule has 1 saturated carbocycles. The lowest BCUT2D eigenvalue weighted by Gasteiger charge is -2.08. The Morgan fingerprint density at radius 2 is 2.67 bits per heavy atom. The number of rotatable bonds is 4. The van der Waals surface area contributed by atoms with Gasteiger partial charge in [-0.3, -0.25) is 4.79 Å². The van der Waals surface area contributed by atoms with E-state index in [4.69, 9.17) is 0 Å². The van der Waals surface area contributed by atoms with Gasteiger partial charge in [-0.15, -0.1) is 11.3 Å². The molecule has 0 unspecified atom stereocenters. The van der Waals surface area contributed by atoms with Crippen LogP contribution in [0.3, 0.4) is 0 Å². The van der Waals surface area contributed by atoms with Crippen LogP contribution in [0.1, 0.15) is 18.2 Å². The zero-order valence-electron chi connectivity index (χ0n) is 8.82. The molecule has 1 heterocycles. The van der Waals surface area contributed by atoms with Crippen LogP contribution in [-0.2, 0) is 10.2 Å². The summed E-state index contributed by atoms with van der Waals surface area (Å²) in [5, 5.41) is 4.97. The second kappa shape index (κ2) is 3.81. The number of hydrogen-bond donors (Lipinski definition) is 1. The molecule has 1 N–H and O–H groups in total. The van der Waals surface area contributed by atoms with E-state index in [0.29, 0.717) is 11.3 Å². The minimum Gasteiger partial charge on any atom is -0.352 e. The zero-order valence-corrected chi connectivity index (χ0v) is 9.64. The minimum absolute atomic E-state index is 0.0737. The number of carbonyl (C=O) groups excluding carboxylic acids is 1. The van der Waals surface area contributed by atoms with Gasteiger partial charge in [0, 0.05) is 16.8 Å². The van der Waals surface area contributed by atoms with E-state index in [9.17, 15) is 4.79 Å². The summed E-state index contributed by atoms with van der Waals surface area (Å²) in [7, 11) is 0. The fourth-order valence-electron chi connectivity index (χ4n) is 1.95. The molecule has 1 amide bonds. The Bertz CT molecular complexity index is 371. The summed E-state index contributed by atoms with van der Waals surface area (Å²) in [4.78, 5) is 12.4. The van der Waals surface area contributed by atoms with Crippen molar-refractivity contribution in [2.24, 2.45) is 5.92 Å². The summed E-state index contributed by atoms with van der Waals surface area (Å²) in [6.45, 7) is 6.47. The van der Waals surface area contributed by atoms with Gasteiger partial charge in [-0.1, -0.05) is 19.6 Å². The molecule has 0 saturated heterocycles. The molecule has 0 bridgehead atoms. The van der Waals surface area contributed by atoms with E-state index >= 15 is 0 Å². The highest BCUT2D eigenvalue weighted by Gasteiger charge is 2.51. The minimum atomic E-state index is -0.0737. The molecular weight excluding hydrogens is 206 g/mol. The predicted octanol–water partition coefficient (Wildman–Crippen LogP) is 2.33. The van der Waals surface area contributed by atoms with Crippen molar-refractivity contribution in [2.75, 3.05) is 6.54 Å². The van der Waals surface area contributed by atoms with E-state index in [-0.39, 0.29) is 5.91 Å². The van der Waals surface area contributed by atoms with E-state index in [0.717, 1.165) is 6.54 Å². The standard InChI is InChI=1S/C12H15NOS/c1-3-11(14)13-8-9-7-12(9,2)10-5-4-6-15-10/h3-6,9H,1,7-8H2,2H3,(H,13,14)/t9-,12+/m0/s1. The van der Waals surface area contributed by atoms with Gasteiger partial charge in [-0.25, -0.2) is 0 Å². The monoisotopic (exact) mass is 221 g/mol. The largest absolute Gasteiger partial charge is 0.352 e. The molecule has 1 fully saturated rings. The molecule has 2 rings (SSSR count). The van der Waals surface area contributed by atoms with E-state index in [2.05, 4.69) is 36.3 Å². The summed E-state index contributed by atoms with van der Waals surface area (Å²) < 4.78 is 0. The Hall–Kier alpha value is -1.09. The molecule has 2 atom stereocenters. The molecule has 1 aliphatic carbocycles. The Morgan fingerprint density at radius 3 is 3.27 bits per heavy atom. The quantitative estimate of drug-likeness (QED) is 0.777. The first-order valence-corrected chi connectivity index (χ1v) is 5.99. The first-order valence-electron chi connectivity index (χ1n) is 5.11. The second-order valence-corrected chi connectivity index (χ2v) is 5.19. The average molecular weight is 221 g/mol. The van der Waals surface area contributed by atoms with Gasteiger partial charge in [0.05, 0.1) is 0 Å². The van der Waals surface area contributed by atoms with Gasteiger partial charge in [0.2, 0.25) is 5.91 Å². The summed E-state index contributed by atoms with van der Waals surface area (Å²) in [5.74, 6) is 0.510. The molecule has 0 radical (unpaired) electrons. The van der Waals surface area contributed by atoms with E-state index in [1.54, 1.807) is 11.3 Å². The van der Waals surface area contributed by atoms with Crippen LogP contribution in [0.4, 0.5) is 0 Å². The normalized spacial score (nSPS) is 28.5. The Morgan fingerprint density at radius 1 is 1.87 bits per heavy atom. The van der Waals surface area contributed by atoms with Crippen molar-refractivity contribution in [2.45, 2.75) is 18.8 Å². The molecule has 3 heteroatoms. The maximum atomic E-state index is 11.0. The van der Waals surface area contributed by atoms with Crippen LogP contribution in [0.15, 0.2) is 30.2 Å². The van der Waals surface area contributed by atoms with Gasteiger partial charge in [0.1, 0.15) is 0 Å². The van der Waals surface area contributed by atoms with Gasteiger partial charge < -0.3 is 5.32 Å². The molecule has 15 heavy (non-hydrogen) atoms. The molecule has 2 nitrogen and oxygen atoms in total. The van der Waals surface area contributed by atoms with E-state index in [1.807, 2.05) is 0 Å². The lowest BCUT2D eigenvalue weighted by Crippen LogP contribution is -2.25. The lowest BCUT2D eigenvalue weighted by atomic mass is 10.0.